The quantitative estimate of drug-likeness (QED) is 0.819. The lowest BCUT2D eigenvalue weighted by atomic mass is 10.3. The summed E-state index contributed by atoms with van der Waals surface area (Å²) < 4.78 is 10.9. The molecule has 5 nitrogen and oxygen atoms in total. The Morgan fingerprint density at radius 3 is 3.25 bits per heavy atom. The Kier molecular flexibility index (Phi) is 3.93. The monoisotopic (exact) mass is 223 g/mol. The van der Waals surface area contributed by atoms with Gasteiger partial charge < -0.3 is 14.8 Å². The summed E-state index contributed by atoms with van der Waals surface area (Å²) in [6.45, 7) is 4.45. The summed E-state index contributed by atoms with van der Waals surface area (Å²) in [5.74, 6) is 1.43. The van der Waals surface area contributed by atoms with Crippen LogP contribution in [-0.4, -0.2) is 35.8 Å². The van der Waals surface area contributed by atoms with Crippen molar-refractivity contribution in [3.63, 3.8) is 0 Å². The third kappa shape index (κ3) is 3.06. The molecule has 1 atom stereocenters. The van der Waals surface area contributed by atoms with Crippen molar-refractivity contribution < 1.29 is 9.47 Å². The van der Waals surface area contributed by atoms with Gasteiger partial charge >= 0.3 is 0 Å². The van der Waals surface area contributed by atoms with Crippen LogP contribution in [-0.2, 0) is 4.74 Å². The van der Waals surface area contributed by atoms with Gasteiger partial charge in [-0.15, -0.1) is 0 Å². The summed E-state index contributed by atoms with van der Waals surface area (Å²) in [4.78, 5) is 8.20. The van der Waals surface area contributed by atoms with E-state index in [2.05, 4.69) is 22.2 Å². The Labute approximate surface area is 95.2 Å². The van der Waals surface area contributed by atoms with E-state index in [9.17, 15) is 0 Å². The predicted molar refractivity (Wildman–Crippen MR) is 60.7 cm³/mol. The minimum atomic E-state index is 0.133. The van der Waals surface area contributed by atoms with Gasteiger partial charge in [0.15, 0.2) is 0 Å². The van der Waals surface area contributed by atoms with E-state index in [4.69, 9.17) is 9.47 Å². The van der Waals surface area contributed by atoms with Gasteiger partial charge in [-0.3, -0.25) is 0 Å². The van der Waals surface area contributed by atoms with Gasteiger partial charge in [0.1, 0.15) is 18.2 Å². The van der Waals surface area contributed by atoms with Crippen LogP contribution < -0.4 is 10.1 Å². The number of nitrogens with one attached hydrogen (secondary N) is 1. The van der Waals surface area contributed by atoms with Crippen LogP contribution in [0.2, 0.25) is 0 Å². The van der Waals surface area contributed by atoms with Crippen molar-refractivity contribution in [1.82, 2.24) is 9.97 Å². The van der Waals surface area contributed by atoms with Crippen LogP contribution in [0.25, 0.3) is 0 Å². The van der Waals surface area contributed by atoms with E-state index >= 15 is 0 Å². The van der Waals surface area contributed by atoms with Crippen LogP contribution in [0, 0.1) is 0 Å². The second-order valence-corrected chi connectivity index (χ2v) is 3.77. The van der Waals surface area contributed by atoms with E-state index in [1.54, 1.807) is 0 Å². The molecule has 1 aliphatic rings. The summed E-state index contributed by atoms with van der Waals surface area (Å²) in [6, 6.07) is 1.83. The molecule has 1 unspecified atom stereocenters. The standard InChI is InChI=1S/C11H17N3O2/c1-2-4-12-10-6-11(14-8-13-10)16-9-3-5-15-7-9/h6,8-9H,2-5,7H2,1H3,(H,12,13,14). The molecule has 1 fully saturated rings. The number of anilines is 1. The maximum absolute atomic E-state index is 5.68. The molecular formula is C11H17N3O2. The van der Waals surface area contributed by atoms with Crippen LogP contribution in [0.3, 0.4) is 0 Å². The summed E-state index contributed by atoms with van der Waals surface area (Å²) in [7, 11) is 0. The Bertz CT molecular complexity index is 327. The Balaban J connectivity index is 1.92. The molecule has 0 aliphatic carbocycles. The molecule has 1 aromatic rings. The molecule has 2 rings (SSSR count). The second-order valence-electron chi connectivity index (χ2n) is 3.77. The normalized spacial score (nSPS) is 19.7. The van der Waals surface area contributed by atoms with Crippen molar-refractivity contribution in [2.45, 2.75) is 25.9 Å². The molecule has 0 amide bonds. The van der Waals surface area contributed by atoms with Crippen LogP contribution >= 0.6 is 0 Å². The van der Waals surface area contributed by atoms with Gasteiger partial charge in [-0.25, -0.2) is 9.97 Å². The SMILES string of the molecule is CCCNc1cc(OC2CCOC2)ncn1. The molecule has 16 heavy (non-hydrogen) atoms. The number of hydrogen-bond acceptors (Lipinski definition) is 5. The molecule has 0 bridgehead atoms. The van der Waals surface area contributed by atoms with Gasteiger partial charge in [0.25, 0.3) is 0 Å². The molecule has 1 aliphatic heterocycles. The first kappa shape index (κ1) is 11.1. The van der Waals surface area contributed by atoms with Crippen LogP contribution in [0.15, 0.2) is 12.4 Å². The zero-order valence-electron chi connectivity index (χ0n) is 9.48. The molecule has 0 saturated carbocycles. The number of aromatic nitrogens is 2. The average molecular weight is 223 g/mol. The molecule has 0 aromatic carbocycles. The number of hydrogen-bond donors (Lipinski definition) is 1. The summed E-state index contributed by atoms with van der Waals surface area (Å²) in [5, 5.41) is 3.20. The molecule has 2 heterocycles. The zero-order chi connectivity index (χ0) is 11.2. The zero-order valence-corrected chi connectivity index (χ0v) is 9.48. The van der Waals surface area contributed by atoms with E-state index in [1.807, 2.05) is 6.07 Å². The van der Waals surface area contributed by atoms with Crippen LogP contribution in [0.4, 0.5) is 5.82 Å². The van der Waals surface area contributed by atoms with Crippen molar-refractivity contribution in [2.75, 3.05) is 25.1 Å². The fourth-order valence-electron chi connectivity index (χ4n) is 1.53. The summed E-state index contributed by atoms with van der Waals surface area (Å²) in [6.07, 6.45) is 3.65. The van der Waals surface area contributed by atoms with Gasteiger partial charge in [0, 0.05) is 19.0 Å². The average Bonchev–Trinajstić information content (AvgIpc) is 2.80. The van der Waals surface area contributed by atoms with E-state index in [0.717, 1.165) is 31.8 Å². The lowest BCUT2D eigenvalue weighted by molar-refractivity contribution is 0.138. The first-order valence-corrected chi connectivity index (χ1v) is 5.69. The lowest BCUT2D eigenvalue weighted by Gasteiger charge is -2.11. The van der Waals surface area contributed by atoms with Crippen LogP contribution in [0.1, 0.15) is 19.8 Å². The van der Waals surface area contributed by atoms with Gasteiger partial charge in [-0.2, -0.15) is 0 Å². The van der Waals surface area contributed by atoms with E-state index < -0.39 is 0 Å². The Hall–Kier alpha value is -1.36. The fourth-order valence-corrected chi connectivity index (χ4v) is 1.53. The molecule has 5 heteroatoms. The van der Waals surface area contributed by atoms with Crippen LogP contribution in [0.5, 0.6) is 5.88 Å². The van der Waals surface area contributed by atoms with Crippen molar-refractivity contribution in [3.8, 4) is 5.88 Å². The van der Waals surface area contributed by atoms with E-state index in [-0.39, 0.29) is 6.10 Å². The minimum absolute atomic E-state index is 0.133. The summed E-state index contributed by atoms with van der Waals surface area (Å²) in [5.41, 5.74) is 0. The van der Waals surface area contributed by atoms with Crippen molar-refractivity contribution in [1.29, 1.82) is 0 Å². The lowest BCUT2D eigenvalue weighted by Crippen LogP contribution is -2.16. The molecule has 1 saturated heterocycles. The highest BCUT2D eigenvalue weighted by molar-refractivity contribution is 5.36. The molecule has 1 aromatic heterocycles. The topological polar surface area (TPSA) is 56.3 Å². The van der Waals surface area contributed by atoms with Crippen molar-refractivity contribution in [3.05, 3.63) is 12.4 Å². The highest BCUT2D eigenvalue weighted by Gasteiger charge is 2.17. The van der Waals surface area contributed by atoms with Crippen molar-refractivity contribution >= 4 is 5.82 Å². The van der Waals surface area contributed by atoms with Gasteiger partial charge in [0.2, 0.25) is 5.88 Å². The molecule has 0 spiro atoms. The smallest absolute Gasteiger partial charge is 0.218 e. The Morgan fingerprint density at radius 2 is 2.50 bits per heavy atom. The third-order valence-electron chi connectivity index (χ3n) is 2.37. The number of rotatable bonds is 5. The van der Waals surface area contributed by atoms with Gasteiger partial charge in [0.05, 0.1) is 13.2 Å². The number of ether oxygens (including phenoxy) is 2. The molecule has 88 valence electrons. The molecular weight excluding hydrogens is 206 g/mol. The van der Waals surface area contributed by atoms with Crippen molar-refractivity contribution in [2.24, 2.45) is 0 Å². The maximum atomic E-state index is 5.68. The first-order valence-electron chi connectivity index (χ1n) is 5.69. The van der Waals surface area contributed by atoms with Gasteiger partial charge in [-0.1, -0.05) is 6.92 Å². The number of nitrogens with zero attached hydrogens (tertiary/aromatic N) is 2. The largest absolute Gasteiger partial charge is 0.472 e. The predicted octanol–water partition coefficient (Wildman–Crippen LogP) is 1.47. The first-order chi connectivity index (χ1) is 7.88. The second kappa shape index (κ2) is 5.65. The Morgan fingerprint density at radius 1 is 1.56 bits per heavy atom. The van der Waals surface area contributed by atoms with E-state index in [0.29, 0.717) is 12.5 Å². The highest BCUT2D eigenvalue weighted by Crippen LogP contribution is 2.16. The third-order valence-corrected chi connectivity index (χ3v) is 2.37. The minimum Gasteiger partial charge on any atom is -0.472 e. The maximum Gasteiger partial charge on any atom is 0.218 e. The molecule has 0 radical (unpaired) electrons. The van der Waals surface area contributed by atoms with E-state index in [1.165, 1.54) is 6.33 Å². The highest BCUT2D eigenvalue weighted by atomic mass is 16.5. The summed E-state index contributed by atoms with van der Waals surface area (Å²) >= 11 is 0. The van der Waals surface area contributed by atoms with Gasteiger partial charge in [-0.05, 0) is 6.42 Å². The molecule has 1 N–H and O–H groups in total. The fraction of sp³-hybridized carbons (Fsp3) is 0.636.